The van der Waals surface area contributed by atoms with Crippen LogP contribution in [0.15, 0.2) is 12.1 Å². The molecule has 18 heavy (non-hydrogen) atoms. The van der Waals surface area contributed by atoms with Crippen molar-refractivity contribution in [3.63, 3.8) is 0 Å². The van der Waals surface area contributed by atoms with Gasteiger partial charge in [0.15, 0.2) is 0 Å². The molecule has 2 rings (SSSR count). The first kappa shape index (κ1) is 12.9. The molecule has 0 aliphatic carbocycles. The van der Waals surface area contributed by atoms with E-state index >= 15 is 0 Å². The number of aryl methyl sites for hydroxylation is 3. The van der Waals surface area contributed by atoms with Crippen LogP contribution in [0, 0.1) is 20.8 Å². The Hall–Kier alpha value is -1.51. The molecule has 1 unspecified atom stereocenters. The van der Waals surface area contributed by atoms with Crippen molar-refractivity contribution in [1.29, 1.82) is 0 Å². The fourth-order valence-corrected chi connectivity index (χ4v) is 3.12. The summed E-state index contributed by atoms with van der Waals surface area (Å²) in [5.41, 5.74) is 5.11. The molecule has 1 amide bonds. The minimum atomic E-state index is -0.211. The third-order valence-corrected chi connectivity index (χ3v) is 3.73. The van der Waals surface area contributed by atoms with Gasteiger partial charge in [0, 0.05) is 6.54 Å². The molecule has 0 N–H and O–H groups in total. The van der Waals surface area contributed by atoms with Crippen LogP contribution in [0.1, 0.15) is 41.1 Å². The summed E-state index contributed by atoms with van der Waals surface area (Å²) in [4.78, 5) is 13.6. The van der Waals surface area contributed by atoms with Gasteiger partial charge in [-0.3, -0.25) is 0 Å². The van der Waals surface area contributed by atoms with Crippen LogP contribution >= 0.6 is 0 Å². The first-order valence-corrected chi connectivity index (χ1v) is 6.47. The van der Waals surface area contributed by atoms with Gasteiger partial charge in [-0.2, -0.15) is 0 Å². The molecule has 0 bridgehead atoms. The van der Waals surface area contributed by atoms with Crippen LogP contribution in [0.4, 0.5) is 4.79 Å². The first-order valence-electron chi connectivity index (χ1n) is 6.47. The van der Waals surface area contributed by atoms with E-state index in [-0.39, 0.29) is 12.1 Å². The number of benzene rings is 1. The first-order chi connectivity index (χ1) is 8.54. The minimum Gasteiger partial charge on any atom is -0.453 e. The van der Waals surface area contributed by atoms with Gasteiger partial charge in [0.1, 0.15) is 0 Å². The number of carbonyl (C=O) groups excluding carboxylic acids is 1. The molecule has 1 aromatic carbocycles. The molecular formula is C15H21NO2. The van der Waals surface area contributed by atoms with Crippen LogP contribution < -0.4 is 0 Å². The zero-order chi connectivity index (χ0) is 13.3. The molecule has 1 fully saturated rings. The topological polar surface area (TPSA) is 29.5 Å². The lowest BCUT2D eigenvalue weighted by atomic mass is 9.93. The van der Waals surface area contributed by atoms with Gasteiger partial charge in [0.05, 0.1) is 13.2 Å². The fourth-order valence-electron chi connectivity index (χ4n) is 3.12. The molecule has 3 nitrogen and oxygen atoms in total. The zero-order valence-corrected chi connectivity index (χ0v) is 11.6. The van der Waals surface area contributed by atoms with Gasteiger partial charge in [0.25, 0.3) is 0 Å². The summed E-state index contributed by atoms with van der Waals surface area (Å²) in [6.07, 6.45) is 1.86. The standard InChI is InChI=1S/C15H21NO2/c1-10-8-11(2)14(12(3)9-10)13-6-5-7-16(13)15(17)18-4/h8-9,13H,5-7H2,1-4H3. The van der Waals surface area contributed by atoms with Crippen LogP contribution in [-0.4, -0.2) is 24.6 Å². The van der Waals surface area contributed by atoms with E-state index in [4.69, 9.17) is 4.74 Å². The SMILES string of the molecule is COC(=O)N1CCCC1c1c(C)cc(C)cc1C. The molecule has 0 aromatic heterocycles. The number of amides is 1. The molecule has 3 heteroatoms. The molecule has 0 saturated carbocycles. The van der Waals surface area contributed by atoms with Gasteiger partial charge < -0.3 is 9.64 Å². The second-order valence-electron chi connectivity index (χ2n) is 5.13. The van der Waals surface area contributed by atoms with E-state index in [1.807, 2.05) is 4.90 Å². The van der Waals surface area contributed by atoms with Gasteiger partial charge in [-0.15, -0.1) is 0 Å². The molecular weight excluding hydrogens is 226 g/mol. The lowest BCUT2D eigenvalue weighted by molar-refractivity contribution is 0.119. The summed E-state index contributed by atoms with van der Waals surface area (Å²) < 4.78 is 4.88. The Bertz CT molecular complexity index is 445. The highest BCUT2D eigenvalue weighted by atomic mass is 16.5. The molecule has 98 valence electrons. The summed E-state index contributed by atoms with van der Waals surface area (Å²) in [6, 6.07) is 4.56. The molecule has 0 radical (unpaired) electrons. The zero-order valence-electron chi connectivity index (χ0n) is 11.6. The molecule has 1 aliphatic heterocycles. The number of rotatable bonds is 1. The fraction of sp³-hybridized carbons (Fsp3) is 0.533. The summed E-state index contributed by atoms with van der Waals surface area (Å²) in [7, 11) is 1.45. The number of hydrogen-bond acceptors (Lipinski definition) is 2. The van der Waals surface area contributed by atoms with Gasteiger partial charge in [-0.05, 0) is 50.3 Å². The van der Waals surface area contributed by atoms with Crippen LogP contribution in [0.2, 0.25) is 0 Å². The smallest absolute Gasteiger partial charge is 0.409 e. The Labute approximate surface area is 109 Å². The number of carbonyl (C=O) groups is 1. The van der Waals surface area contributed by atoms with Crippen molar-refractivity contribution in [1.82, 2.24) is 4.90 Å². The molecule has 1 heterocycles. The Morgan fingerprint density at radius 1 is 1.28 bits per heavy atom. The number of hydrogen-bond donors (Lipinski definition) is 0. The highest BCUT2D eigenvalue weighted by molar-refractivity contribution is 5.69. The maximum absolute atomic E-state index is 11.8. The summed E-state index contributed by atoms with van der Waals surface area (Å²) in [5, 5.41) is 0. The van der Waals surface area contributed by atoms with Crippen molar-refractivity contribution in [2.24, 2.45) is 0 Å². The Morgan fingerprint density at radius 3 is 2.44 bits per heavy atom. The Kier molecular flexibility index (Phi) is 3.60. The number of likely N-dealkylation sites (tertiary alicyclic amines) is 1. The highest BCUT2D eigenvalue weighted by Crippen LogP contribution is 2.36. The summed E-state index contributed by atoms with van der Waals surface area (Å²) in [6.45, 7) is 7.16. The lowest BCUT2D eigenvalue weighted by Gasteiger charge is -2.26. The van der Waals surface area contributed by atoms with Crippen molar-refractivity contribution >= 4 is 6.09 Å². The summed E-state index contributed by atoms with van der Waals surface area (Å²) in [5.74, 6) is 0. The van der Waals surface area contributed by atoms with E-state index in [0.717, 1.165) is 19.4 Å². The average molecular weight is 247 g/mol. The maximum Gasteiger partial charge on any atom is 0.409 e. The second kappa shape index (κ2) is 5.01. The predicted molar refractivity (Wildman–Crippen MR) is 71.7 cm³/mol. The third kappa shape index (κ3) is 2.22. The molecule has 1 aliphatic rings. The number of methoxy groups -OCH3 is 1. The molecule has 1 saturated heterocycles. The Morgan fingerprint density at radius 2 is 1.89 bits per heavy atom. The van der Waals surface area contributed by atoms with E-state index < -0.39 is 0 Å². The van der Waals surface area contributed by atoms with E-state index in [1.165, 1.54) is 29.4 Å². The van der Waals surface area contributed by atoms with Crippen LogP contribution in [0.3, 0.4) is 0 Å². The summed E-state index contributed by atoms with van der Waals surface area (Å²) >= 11 is 0. The average Bonchev–Trinajstić information content (AvgIpc) is 2.75. The van der Waals surface area contributed by atoms with Crippen LogP contribution in [0.25, 0.3) is 0 Å². The molecule has 1 aromatic rings. The van der Waals surface area contributed by atoms with Gasteiger partial charge in [0.2, 0.25) is 0 Å². The van der Waals surface area contributed by atoms with Crippen molar-refractivity contribution in [2.45, 2.75) is 39.7 Å². The monoisotopic (exact) mass is 247 g/mol. The molecule has 1 atom stereocenters. The predicted octanol–water partition coefficient (Wildman–Crippen LogP) is 3.52. The molecule has 0 spiro atoms. The third-order valence-electron chi connectivity index (χ3n) is 3.73. The lowest BCUT2D eigenvalue weighted by Crippen LogP contribution is -2.31. The maximum atomic E-state index is 11.8. The highest BCUT2D eigenvalue weighted by Gasteiger charge is 2.32. The van der Waals surface area contributed by atoms with Crippen molar-refractivity contribution in [3.05, 3.63) is 34.4 Å². The van der Waals surface area contributed by atoms with Gasteiger partial charge in [-0.1, -0.05) is 17.7 Å². The van der Waals surface area contributed by atoms with E-state index in [2.05, 4.69) is 32.9 Å². The minimum absolute atomic E-state index is 0.179. The van der Waals surface area contributed by atoms with Gasteiger partial charge >= 0.3 is 6.09 Å². The number of nitrogens with zero attached hydrogens (tertiary/aromatic N) is 1. The number of ether oxygens (including phenoxy) is 1. The normalized spacial score (nSPS) is 19.1. The van der Waals surface area contributed by atoms with E-state index in [1.54, 1.807) is 0 Å². The quantitative estimate of drug-likeness (QED) is 0.760. The largest absolute Gasteiger partial charge is 0.453 e. The van der Waals surface area contributed by atoms with Crippen molar-refractivity contribution in [3.8, 4) is 0 Å². The van der Waals surface area contributed by atoms with Crippen LogP contribution in [0.5, 0.6) is 0 Å². The van der Waals surface area contributed by atoms with Crippen molar-refractivity contribution < 1.29 is 9.53 Å². The van der Waals surface area contributed by atoms with Crippen LogP contribution in [-0.2, 0) is 4.74 Å². The van der Waals surface area contributed by atoms with E-state index in [0.29, 0.717) is 0 Å². The van der Waals surface area contributed by atoms with Gasteiger partial charge in [-0.25, -0.2) is 4.79 Å². The second-order valence-corrected chi connectivity index (χ2v) is 5.13. The van der Waals surface area contributed by atoms with Crippen molar-refractivity contribution in [2.75, 3.05) is 13.7 Å². The Balaban J connectivity index is 2.39. The van der Waals surface area contributed by atoms with E-state index in [9.17, 15) is 4.79 Å².